The average Bonchev–Trinajstić information content (AvgIpc) is 2.38. The lowest BCUT2D eigenvalue weighted by molar-refractivity contribution is 0.726. The van der Waals surface area contributed by atoms with Crippen molar-refractivity contribution in [1.82, 2.24) is 9.97 Å². The molecule has 1 aromatic heterocycles. The summed E-state index contributed by atoms with van der Waals surface area (Å²) in [5.41, 5.74) is 1.19. The molecule has 0 aliphatic heterocycles. The second kappa shape index (κ2) is 5.67. The Morgan fingerprint density at radius 2 is 1.89 bits per heavy atom. The van der Waals surface area contributed by atoms with Gasteiger partial charge in [0.2, 0.25) is 0 Å². The maximum absolute atomic E-state index is 5.89. The van der Waals surface area contributed by atoms with Crippen LogP contribution in [-0.2, 0) is 0 Å². The standard InChI is InChI=1S/C13H13BrClN3/c1-9(10-3-5-11(15)6-4-10)18(2)13-7-12(14)16-8-17-13/h3-9H,1-2H3. The van der Waals surface area contributed by atoms with E-state index in [-0.39, 0.29) is 6.04 Å². The van der Waals surface area contributed by atoms with Crippen molar-refractivity contribution < 1.29 is 0 Å². The van der Waals surface area contributed by atoms with E-state index in [0.29, 0.717) is 0 Å². The average molecular weight is 327 g/mol. The van der Waals surface area contributed by atoms with Gasteiger partial charge in [0, 0.05) is 18.1 Å². The summed E-state index contributed by atoms with van der Waals surface area (Å²) in [7, 11) is 2.01. The van der Waals surface area contributed by atoms with E-state index >= 15 is 0 Å². The van der Waals surface area contributed by atoms with Gasteiger partial charge >= 0.3 is 0 Å². The molecule has 5 heteroatoms. The van der Waals surface area contributed by atoms with Crippen LogP contribution in [0.4, 0.5) is 5.82 Å². The normalized spacial score (nSPS) is 12.2. The lowest BCUT2D eigenvalue weighted by Crippen LogP contribution is -2.22. The molecule has 18 heavy (non-hydrogen) atoms. The minimum Gasteiger partial charge on any atom is -0.353 e. The lowest BCUT2D eigenvalue weighted by atomic mass is 10.1. The van der Waals surface area contributed by atoms with Crippen molar-refractivity contribution in [1.29, 1.82) is 0 Å². The second-order valence-corrected chi connectivity index (χ2v) is 5.29. The van der Waals surface area contributed by atoms with Gasteiger partial charge in [-0.15, -0.1) is 0 Å². The molecule has 2 aromatic rings. The first kappa shape index (κ1) is 13.3. The third kappa shape index (κ3) is 3.00. The Balaban J connectivity index is 2.23. The molecule has 0 aliphatic rings. The topological polar surface area (TPSA) is 29.0 Å². The molecule has 0 N–H and O–H groups in total. The minimum absolute atomic E-state index is 0.212. The monoisotopic (exact) mass is 325 g/mol. The Bertz CT molecular complexity index is 530. The number of rotatable bonds is 3. The van der Waals surface area contributed by atoms with Gasteiger partial charge < -0.3 is 4.90 Å². The number of anilines is 1. The highest BCUT2D eigenvalue weighted by atomic mass is 79.9. The van der Waals surface area contributed by atoms with Crippen molar-refractivity contribution in [3.05, 3.63) is 51.8 Å². The van der Waals surface area contributed by atoms with Crippen LogP contribution < -0.4 is 4.90 Å². The second-order valence-electron chi connectivity index (χ2n) is 4.04. The van der Waals surface area contributed by atoms with Crippen molar-refractivity contribution in [2.45, 2.75) is 13.0 Å². The predicted molar refractivity (Wildman–Crippen MR) is 78.0 cm³/mol. The Labute approximate surface area is 120 Å². The highest BCUT2D eigenvalue weighted by molar-refractivity contribution is 9.10. The maximum atomic E-state index is 5.89. The SMILES string of the molecule is CC(c1ccc(Cl)cc1)N(C)c1cc(Br)ncn1. The molecular formula is C13H13BrClN3. The molecule has 3 nitrogen and oxygen atoms in total. The number of hydrogen-bond donors (Lipinski definition) is 0. The summed E-state index contributed by atoms with van der Waals surface area (Å²) in [6, 6.07) is 9.96. The molecule has 0 amide bonds. The first-order valence-electron chi connectivity index (χ1n) is 5.54. The summed E-state index contributed by atoms with van der Waals surface area (Å²) >= 11 is 9.24. The van der Waals surface area contributed by atoms with E-state index in [9.17, 15) is 0 Å². The number of aromatic nitrogens is 2. The van der Waals surface area contributed by atoms with E-state index < -0.39 is 0 Å². The number of hydrogen-bond acceptors (Lipinski definition) is 3. The molecule has 0 aliphatic carbocycles. The zero-order valence-electron chi connectivity index (χ0n) is 10.1. The molecule has 0 spiro atoms. The molecule has 1 aromatic carbocycles. The first-order chi connectivity index (χ1) is 8.58. The van der Waals surface area contributed by atoms with Gasteiger partial charge in [0.25, 0.3) is 0 Å². The molecule has 0 saturated heterocycles. The predicted octanol–water partition coefficient (Wildman–Crippen LogP) is 4.09. The maximum Gasteiger partial charge on any atom is 0.133 e. The van der Waals surface area contributed by atoms with E-state index in [2.05, 4.69) is 37.7 Å². The van der Waals surface area contributed by atoms with Crippen LogP contribution in [-0.4, -0.2) is 17.0 Å². The van der Waals surface area contributed by atoms with Gasteiger partial charge in [-0.3, -0.25) is 0 Å². The molecule has 0 radical (unpaired) electrons. The summed E-state index contributed by atoms with van der Waals surface area (Å²) in [4.78, 5) is 10.4. The molecule has 2 rings (SSSR count). The van der Waals surface area contributed by atoms with Crippen molar-refractivity contribution in [2.24, 2.45) is 0 Å². The molecule has 94 valence electrons. The molecule has 1 heterocycles. The lowest BCUT2D eigenvalue weighted by Gasteiger charge is -2.26. The van der Waals surface area contributed by atoms with Crippen molar-refractivity contribution in [3.8, 4) is 0 Å². The molecule has 0 saturated carbocycles. The fraction of sp³-hybridized carbons (Fsp3) is 0.231. The zero-order valence-corrected chi connectivity index (χ0v) is 12.5. The molecular weight excluding hydrogens is 314 g/mol. The number of nitrogens with zero attached hydrogens (tertiary/aromatic N) is 3. The van der Waals surface area contributed by atoms with Crippen LogP contribution in [0.2, 0.25) is 5.02 Å². The Kier molecular flexibility index (Phi) is 4.19. The van der Waals surface area contributed by atoms with Gasteiger partial charge in [0.05, 0.1) is 6.04 Å². The van der Waals surface area contributed by atoms with Crippen LogP contribution in [0.15, 0.2) is 41.3 Å². The van der Waals surface area contributed by atoms with E-state index in [0.717, 1.165) is 15.4 Å². The summed E-state index contributed by atoms with van der Waals surface area (Å²) in [5.74, 6) is 0.874. The molecule has 0 fully saturated rings. The van der Waals surface area contributed by atoms with E-state index in [4.69, 9.17) is 11.6 Å². The Hall–Kier alpha value is -1.13. The van der Waals surface area contributed by atoms with Gasteiger partial charge in [0.15, 0.2) is 0 Å². The highest BCUT2D eigenvalue weighted by Crippen LogP contribution is 2.25. The Morgan fingerprint density at radius 3 is 2.50 bits per heavy atom. The van der Waals surface area contributed by atoms with Gasteiger partial charge in [-0.25, -0.2) is 9.97 Å². The molecule has 0 bridgehead atoms. The number of benzene rings is 1. The van der Waals surface area contributed by atoms with Crippen LogP contribution in [0.1, 0.15) is 18.5 Å². The summed E-state index contributed by atoms with van der Waals surface area (Å²) in [6.45, 7) is 2.12. The van der Waals surface area contributed by atoms with Crippen molar-refractivity contribution >= 4 is 33.3 Å². The summed E-state index contributed by atoms with van der Waals surface area (Å²) < 4.78 is 0.780. The fourth-order valence-electron chi connectivity index (χ4n) is 1.68. The third-order valence-electron chi connectivity index (χ3n) is 2.91. The van der Waals surface area contributed by atoms with Crippen molar-refractivity contribution in [2.75, 3.05) is 11.9 Å². The summed E-state index contributed by atoms with van der Waals surface area (Å²) in [6.07, 6.45) is 1.55. The van der Waals surface area contributed by atoms with Gasteiger partial charge in [-0.1, -0.05) is 23.7 Å². The highest BCUT2D eigenvalue weighted by Gasteiger charge is 2.13. The zero-order chi connectivity index (χ0) is 13.1. The Morgan fingerprint density at radius 1 is 1.22 bits per heavy atom. The largest absolute Gasteiger partial charge is 0.353 e. The minimum atomic E-state index is 0.212. The van der Waals surface area contributed by atoms with Crippen LogP contribution in [0, 0.1) is 0 Å². The smallest absolute Gasteiger partial charge is 0.133 e. The first-order valence-corrected chi connectivity index (χ1v) is 6.71. The van der Waals surface area contributed by atoms with Gasteiger partial charge in [-0.05, 0) is 40.5 Å². The fourth-order valence-corrected chi connectivity index (χ4v) is 2.10. The number of halogens is 2. The molecule has 1 atom stereocenters. The van der Waals surface area contributed by atoms with E-state index in [1.165, 1.54) is 5.56 Å². The van der Waals surface area contributed by atoms with Gasteiger partial charge in [-0.2, -0.15) is 0 Å². The van der Waals surface area contributed by atoms with Crippen LogP contribution in [0.25, 0.3) is 0 Å². The third-order valence-corrected chi connectivity index (χ3v) is 3.60. The van der Waals surface area contributed by atoms with Gasteiger partial charge in [0.1, 0.15) is 16.7 Å². The van der Waals surface area contributed by atoms with Crippen LogP contribution in [0.5, 0.6) is 0 Å². The van der Waals surface area contributed by atoms with E-state index in [1.807, 2.05) is 37.4 Å². The quantitative estimate of drug-likeness (QED) is 0.796. The van der Waals surface area contributed by atoms with Crippen LogP contribution >= 0.6 is 27.5 Å². The summed E-state index contributed by atoms with van der Waals surface area (Å²) in [5, 5.41) is 0.749. The van der Waals surface area contributed by atoms with Crippen molar-refractivity contribution in [3.63, 3.8) is 0 Å². The van der Waals surface area contributed by atoms with E-state index in [1.54, 1.807) is 6.33 Å². The van der Waals surface area contributed by atoms with Crippen LogP contribution in [0.3, 0.4) is 0 Å². The molecule has 1 unspecified atom stereocenters.